The molecule has 35 heavy (non-hydrogen) atoms. The summed E-state index contributed by atoms with van der Waals surface area (Å²) in [4.78, 5) is 21.7. The van der Waals surface area contributed by atoms with Gasteiger partial charge < -0.3 is 24.1 Å². The van der Waals surface area contributed by atoms with Crippen molar-refractivity contribution < 1.29 is 18.7 Å². The minimum atomic E-state index is -0.354. The van der Waals surface area contributed by atoms with Gasteiger partial charge in [0.1, 0.15) is 17.6 Å². The lowest BCUT2D eigenvalue weighted by Crippen LogP contribution is -2.50. The second-order valence-electron chi connectivity index (χ2n) is 10.1. The van der Waals surface area contributed by atoms with Crippen LogP contribution in [0.3, 0.4) is 0 Å². The molecule has 5 rings (SSSR count). The molecule has 9 nitrogen and oxygen atoms in total. The summed E-state index contributed by atoms with van der Waals surface area (Å²) >= 11 is 0. The van der Waals surface area contributed by atoms with E-state index in [1.807, 2.05) is 26.0 Å². The summed E-state index contributed by atoms with van der Waals surface area (Å²) in [6.45, 7) is 9.06. The maximum Gasteiger partial charge on any atom is 0.234 e. The van der Waals surface area contributed by atoms with E-state index in [0.717, 1.165) is 49.4 Å². The Bertz CT molecular complexity index is 1090. The Morgan fingerprint density at radius 3 is 2.80 bits per heavy atom. The van der Waals surface area contributed by atoms with Crippen LogP contribution in [0.1, 0.15) is 43.4 Å². The largest absolute Gasteiger partial charge is 0.463 e. The molecule has 1 amide bonds. The van der Waals surface area contributed by atoms with Gasteiger partial charge in [0.25, 0.3) is 0 Å². The number of nitrogens with one attached hydrogen (secondary N) is 1. The number of hydrogen-bond donors (Lipinski definition) is 1. The minimum Gasteiger partial charge on any atom is -0.463 e. The average Bonchev–Trinajstić information content (AvgIpc) is 3.56. The molecule has 0 spiro atoms. The van der Waals surface area contributed by atoms with Gasteiger partial charge in [-0.15, -0.1) is 0 Å². The zero-order valence-corrected chi connectivity index (χ0v) is 20.5. The lowest BCUT2D eigenvalue weighted by molar-refractivity contribution is -0.122. The molecule has 0 aromatic carbocycles. The van der Waals surface area contributed by atoms with Gasteiger partial charge in [-0.3, -0.25) is 9.69 Å². The number of hydrogen-bond acceptors (Lipinski definition) is 8. The van der Waals surface area contributed by atoms with Crippen LogP contribution in [0, 0.1) is 11.3 Å². The number of amides is 1. The molecule has 2 aromatic heterocycles. The number of anilines is 1. The number of fused-ring (bicyclic) bond motifs is 1. The monoisotopic (exact) mass is 479 g/mol. The third kappa shape index (κ3) is 5.20. The SMILES string of the molecule is CC1(C)Cc2c(C#N)c(N3CCN(CC(=O)NC[C@H]4CCCO4)CC3)nc(-c3ccco3)c2CO1. The summed E-state index contributed by atoms with van der Waals surface area (Å²) < 4.78 is 17.3. The molecule has 0 radical (unpaired) electrons. The van der Waals surface area contributed by atoms with Crippen molar-refractivity contribution in [2.24, 2.45) is 0 Å². The highest BCUT2D eigenvalue weighted by atomic mass is 16.5. The lowest BCUT2D eigenvalue weighted by Gasteiger charge is -2.38. The highest BCUT2D eigenvalue weighted by molar-refractivity contribution is 5.78. The van der Waals surface area contributed by atoms with Crippen LogP contribution in [-0.2, 0) is 27.3 Å². The van der Waals surface area contributed by atoms with Crippen molar-refractivity contribution in [3.63, 3.8) is 0 Å². The lowest BCUT2D eigenvalue weighted by atomic mass is 9.87. The van der Waals surface area contributed by atoms with Crippen LogP contribution < -0.4 is 10.2 Å². The fourth-order valence-corrected chi connectivity index (χ4v) is 5.13. The van der Waals surface area contributed by atoms with Crippen molar-refractivity contribution in [1.29, 1.82) is 5.26 Å². The van der Waals surface area contributed by atoms with E-state index in [0.29, 0.717) is 56.3 Å². The smallest absolute Gasteiger partial charge is 0.234 e. The Labute approximate surface area is 206 Å². The van der Waals surface area contributed by atoms with E-state index < -0.39 is 0 Å². The van der Waals surface area contributed by atoms with E-state index in [9.17, 15) is 10.1 Å². The maximum absolute atomic E-state index is 12.4. The number of nitrogens with zero attached hydrogens (tertiary/aromatic N) is 4. The van der Waals surface area contributed by atoms with Crippen LogP contribution >= 0.6 is 0 Å². The number of rotatable bonds is 6. The summed E-state index contributed by atoms with van der Waals surface area (Å²) in [6, 6.07) is 6.18. The number of carbonyl (C=O) groups excluding carboxylic acids is 1. The zero-order valence-electron chi connectivity index (χ0n) is 20.5. The molecule has 5 heterocycles. The van der Waals surface area contributed by atoms with E-state index in [4.69, 9.17) is 18.9 Å². The van der Waals surface area contributed by atoms with Gasteiger partial charge in [0.15, 0.2) is 5.76 Å². The Kier molecular flexibility index (Phi) is 6.78. The molecule has 3 aliphatic rings. The van der Waals surface area contributed by atoms with E-state index in [-0.39, 0.29) is 17.6 Å². The van der Waals surface area contributed by atoms with Gasteiger partial charge >= 0.3 is 0 Å². The summed E-state index contributed by atoms with van der Waals surface area (Å²) in [6.07, 6.45) is 4.50. The molecule has 1 atom stereocenters. The molecule has 0 unspecified atom stereocenters. The predicted octanol–water partition coefficient (Wildman–Crippen LogP) is 2.48. The van der Waals surface area contributed by atoms with Crippen molar-refractivity contribution in [2.75, 3.05) is 50.8 Å². The van der Waals surface area contributed by atoms with Gasteiger partial charge in [0.05, 0.1) is 36.7 Å². The van der Waals surface area contributed by atoms with E-state index in [1.165, 1.54) is 0 Å². The van der Waals surface area contributed by atoms with Crippen LogP contribution in [0.25, 0.3) is 11.5 Å². The molecule has 186 valence electrons. The van der Waals surface area contributed by atoms with Crippen molar-refractivity contribution in [3.8, 4) is 17.5 Å². The van der Waals surface area contributed by atoms with Crippen molar-refractivity contribution >= 4 is 11.7 Å². The molecule has 3 aliphatic heterocycles. The second kappa shape index (κ2) is 9.97. The highest BCUT2D eigenvalue weighted by Crippen LogP contribution is 2.39. The molecule has 2 aromatic rings. The van der Waals surface area contributed by atoms with E-state index >= 15 is 0 Å². The Balaban J connectivity index is 1.31. The van der Waals surface area contributed by atoms with Gasteiger partial charge in [-0.05, 0) is 44.4 Å². The number of piperazine rings is 1. The Morgan fingerprint density at radius 2 is 2.11 bits per heavy atom. The first-order valence-corrected chi connectivity index (χ1v) is 12.4. The van der Waals surface area contributed by atoms with Crippen LogP contribution in [-0.4, -0.2) is 73.4 Å². The fourth-order valence-electron chi connectivity index (χ4n) is 5.13. The Morgan fingerprint density at radius 1 is 1.29 bits per heavy atom. The number of aromatic nitrogens is 1. The molecule has 9 heteroatoms. The normalized spacial score (nSPS) is 22.0. The molecular weight excluding hydrogens is 446 g/mol. The van der Waals surface area contributed by atoms with E-state index in [1.54, 1.807) is 6.26 Å². The van der Waals surface area contributed by atoms with Gasteiger partial charge in [0.2, 0.25) is 5.91 Å². The average molecular weight is 480 g/mol. The number of ether oxygens (including phenoxy) is 2. The van der Waals surface area contributed by atoms with Crippen LogP contribution in [0.15, 0.2) is 22.8 Å². The molecular formula is C26H33N5O4. The van der Waals surface area contributed by atoms with Crippen LogP contribution in [0.2, 0.25) is 0 Å². The topological polar surface area (TPSA) is 104 Å². The first-order chi connectivity index (χ1) is 16.9. The first-order valence-electron chi connectivity index (χ1n) is 12.4. The van der Waals surface area contributed by atoms with Crippen LogP contribution in [0.5, 0.6) is 0 Å². The van der Waals surface area contributed by atoms with E-state index in [2.05, 4.69) is 21.2 Å². The molecule has 0 aliphatic carbocycles. The predicted molar refractivity (Wildman–Crippen MR) is 130 cm³/mol. The van der Waals surface area contributed by atoms with Crippen molar-refractivity contribution in [3.05, 3.63) is 35.1 Å². The minimum absolute atomic E-state index is 0.0286. The number of furan rings is 1. The first kappa shape index (κ1) is 23.8. The van der Waals surface area contributed by atoms with Gasteiger partial charge in [-0.1, -0.05) is 0 Å². The van der Waals surface area contributed by atoms with Crippen LogP contribution in [0.4, 0.5) is 5.82 Å². The summed E-state index contributed by atoms with van der Waals surface area (Å²) in [5.41, 5.74) is 2.94. The summed E-state index contributed by atoms with van der Waals surface area (Å²) in [7, 11) is 0. The third-order valence-corrected chi connectivity index (χ3v) is 7.06. The van der Waals surface area contributed by atoms with Gasteiger partial charge in [-0.2, -0.15) is 5.26 Å². The number of pyridine rings is 1. The molecule has 1 N–H and O–H groups in total. The van der Waals surface area contributed by atoms with Gasteiger partial charge in [-0.25, -0.2) is 4.98 Å². The number of nitriles is 1. The molecule has 0 saturated carbocycles. The highest BCUT2D eigenvalue weighted by Gasteiger charge is 2.34. The maximum atomic E-state index is 12.4. The molecule has 2 saturated heterocycles. The molecule has 2 fully saturated rings. The fraction of sp³-hybridized carbons (Fsp3) is 0.577. The van der Waals surface area contributed by atoms with Crippen molar-refractivity contribution in [1.82, 2.24) is 15.2 Å². The third-order valence-electron chi connectivity index (χ3n) is 7.06. The summed E-state index contributed by atoms with van der Waals surface area (Å²) in [5, 5.41) is 13.2. The van der Waals surface area contributed by atoms with Gasteiger partial charge in [0, 0.05) is 51.3 Å². The quantitative estimate of drug-likeness (QED) is 0.674. The standard InChI is InChI=1S/C26H33N5O4/c1-26(2)13-19-20(14-27)25(29-24(21(19)17-35-26)22-6-4-12-34-22)31-9-7-30(8-10-31)16-23(32)28-15-18-5-3-11-33-18/h4,6,12,18H,3,5,7-11,13,15-17H2,1-2H3,(H,28,32)/t18-/m1/s1. The number of carbonyl (C=O) groups is 1. The zero-order chi connectivity index (χ0) is 24.4. The van der Waals surface area contributed by atoms with Crippen molar-refractivity contribution in [2.45, 2.75) is 51.4 Å². The second-order valence-corrected chi connectivity index (χ2v) is 10.1. The Hall–Kier alpha value is -2.93. The summed E-state index contributed by atoms with van der Waals surface area (Å²) in [5.74, 6) is 1.40. The molecule has 0 bridgehead atoms.